The maximum atomic E-state index is 8.86. The van der Waals surface area contributed by atoms with Gasteiger partial charge in [0.15, 0.2) is 0 Å². The Bertz CT molecular complexity index is 399. The van der Waals surface area contributed by atoms with Crippen LogP contribution in [-0.2, 0) is 0 Å². The fourth-order valence-electron chi connectivity index (χ4n) is 2.43. The van der Waals surface area contributed by atoms with Gasteiger partial charge in [-0.1, -0.05) is 15.9 Å². The second kappa shape index (κ2) is 6.94. The first-order valence-electron chi connectivity index (χ1n) is 6.45. The summed E-state index contributed by atoms with van der Waals surface area (Å²) in [5.74, 6) is 1.20. The first-order valence-corrected chi connectivity index (χ1v) is 8.23. The number of hydrogen-bond acceptors (Lipinski definition) is 3. The highest BCUT2D eigenvalue weighted by Gasteiger charge is 2.23. The van der Waals surface area contributed by atoms with E-state index < -0.39 is 0 Å². The Hall–Kier alpha value is -0.0300. The topological polar surface area (TPSA) is 23.5 Å². The third kappa shape index (κ3) is 3.50. The van der Waals surface area contributed by atoms with Crippen LogP contribution in [0.15, 0.2) is 27.6 Å². The zero-order chi connectivity index (χ0) is 13.0. The Morgan fingerprint density at radius 1 is 1.44 bits per heavy atom. The van der Waals surface area contributed by atoms with Gasteiger partial charge in [0.2, 0.25) is 0 Å². The average Bonchev–Trinajstić information content (AvgIpc) is 2.38. The summed E-state index contributed by atoms with van der Waals surface area (Å²) in [6, 6.07) is 7.13. The SMILES string of the molecule is CN(CCCCO)C1CCSc2ccc(Br)cc21. The van der Waals surface area contributed by atoms with Crippen LogP contribution in [0.2, 0.25) is 0 Å². The number of nitrogens with zero attached hydrogens (tertiary/aromatic N) is 1. The summed E-state index contributed by atoms with van der Waals surface area (Å²) in [6.07, 6.45) is 3.18. The fraction of sp³-hybridized carbons (Fsp3) is 0.571. The van der Waals surface area contributed by atoms with Crippen molar-refractivity contribution in [3.8, 4) is 0 Å². The lowest BCUT2D eigenvalue weighted by Gasteiger charge is -2.33. The van der Waals surface area contributed by atoms with Crippen molar-refractivity contribution in [3.63, 3.8) is 0 Å². The Morgan fingerprint density at radius 2 is 2.28 bits per heavy atom. The minimum absolute atomic E-state index is 0.302. The van der Waals surface area contributed by atoms with Crippen molar-refractivity contribution in [2.24, 2.45) is 0 Å². The van der Waals surface area contributed by atoms with E-state index >= 15 is 0 Å². The van der Waals surface area contributed by atoms with E-state index in [2.05, 4.69) is 46.1 Å². The summed E-state index contributed by atoms with van der Waals surface area (Å²) in [4.78, 5) is 3.85. The highest BCUT2D eigenvalue weighted by molar-refractivity contribution is 9.10. The number of benzene rings is 1. The molecule has 0 fully saturated rings. The molecule has 1 N–H and O–H groups in total. The van der Waals surface area contributed by atoms with Gasteiger partial charge in [-0.15, -0.1) is 11.8 Å². The molecule has 18 heavy (non-hydrogen) atoms. The summed E-state index contributed by atoms with van der Waals surface area (Å²) in [5, 5.41) is 8.86. The Morgan fingerprint density at radius 3 is 3.06 bits per heavy atom. The molecule has 1 heterocycles. The molecule has 2 nitrogen and oxygen atoms in total. The number of unbranched alkanes of at least 4 members (excludes halogenated alkanes) is 1. The molecular formula is C14H20BrNOS. The van der Waals surface area contributed by atoms with Gasteiger partial charge in [0.25, 0.3) is 0 Å². The van der Waals surface area contributed by atoms with E-state index in [0.29, 0.717) is 12.6 Å². The Kier molecular flexibility index (Phi) is 5.55. The van der Waals surface area contributed by atoms with Gasteiger partial charge in [0.05, 0.1) is 0 Å². The van der Waals surface area contributed by atoms with E-state index in [-0.39, 0.29) is 0 Å². The second-order valence-electron chi connectivity index (χ2n) is 4.75. The van der Waals surface area contributed by atoms with Crippen molar-refractivity contribution in [2.45, 2.75) is 30.2 Å². The summed E-state index contributed by atoms with van der Waals surface area (Å²) in [5.41, 5.74) is 1.45. The monoisotopic (exact) mass is 329 g/mol. The average molecular weight is 330 g/mol. The summed E-state index contributed by atoms with van der Waals surface area (Å²) in [6.45, 7) is 1.36. The fourth-order valence-corrected chi connectivity index (χ4v) is 3.90. The summed E-state index contributed by atoms with van der Waals surface area (Å²) < 4.78 is 1.16. The molecule has 100 valence electrons. The lowest BCUT2D eigenvalue weighted by atomic mass is 10.0. The molecule has 0 aliphatic carbocycles. The number of hydrogen-bond donors (Lipinski definition) is 1. The van der Waals surface area contributed by atoms with Crippen LogP contribution in [0, 0.1) is 0 Å². The van der Waals surface area contributed by atoms with E-state index in [1.807, 2.05) is 11.8 Å². The standard InChI is InChI=1S/C14H20BrNOS/c1-16(7-2-3-8-17)13-6-9-18-14-5-4-11(15)10-12(13)14/h4-5,10,13,17H,2-3,6-9H2,1H3. The van der Waals surface area contributed by atoms with Crippen LogP contribution < -0.4 is 0 Å². The van der Waals surface area contributed by atoms with Crippen LogP contribution in [0.5, 0.6) is 0 Å². The van der Waals surface area contributed by atoms with E-state index in [0.717, 1.165) is 23.9 Å². The van der Waals surface area contributed by atoms with Gasteiger partial charge in [-0.3, -0.25) is 4.90 Å². The highest BCUT2D eigenvalue weighted by atomic mass is 79.9. The van der Waals surface area contributed by atoms with E-state index in [4.69, 9.17) is 5.11 Å². The largest absolute Gasteiger partial charge is 0.396 e. The maximum Gasteiger partial charge on any atom is 0.0431 e. The number of aliphatic hydroxyl groups is 1. The molecule has 0 bridgehead atoms. The van der Waals surface area contributed by atoms with Crippen LogP contribution in [0.25, 0.3) is 0 Å². The minimum atomic E-state index is 0.302. The van der Waals surface area contributed by atoms with Crippen molar-refractivity contribution < 1.29 is 5.11 Å². The molecule has 0 aromatic heterocycles. The normalized spacial score (nSPS) is 19.0. The number of aliphatic hydroxyl groups excluding tert-OH is 1. The molecule has 4 heteroatoms. The molecule has 1 aromatic carbocycles. The van der Waals surface area contributed by atoms with Crippen molar-refractivity contribution in [1.29, 1.82) is 0 Å². The number of rotatable bonds is 5. The van der Waals surface area contributed by atoms with Crippen molar-refractivity contribution in [1.82, 2.24) is 4.90 Å². The van der Waals surface area contributed by atoms with Gasteiger partial charge in [0.1, 0.15) is 0 Å². The maximum absolute atomic E-state index is 8.86. The summed E-state index contributed by atoms with van der Waals surface area (Å²) in [7, 11) is 2.20. The van der Waals surface area contributed by atoms with Gasteiger partial charge in [-0.05, 0) is 62.4 Å². The molecule has 1 aliphatic heterocycles. The Balaban J connectivity index is 2.08. The third-order valence-corrected chi connectivity index (χ3v) is 5.05. The van der Waals surface area contributed by atoms with Gasteiger partial charge in [0, 0.05) is 22.0 Å². The lowest BCUT2D eigenvalue weighted by molar-refractivity contribution is 0.216. The molecule has 1 aromatic rings. The minimum Gasteiger partial charge on any atom is -0.396 e. The number of halogens is 1. The number of thioether (sulfide) groups is 1. The molecule has 1 unspecified atom stereocenters. The van der Waals surface area contributed by atoms with Gasteiger partial charge >= 0.3 is 0 Å². The zero-order valence-corrected chi connectivity index (χ0v) is 13.1. The second-order valence-corrected chi connectivity index (χ2v) is 6.80. The van der Waals surface area contributed by atoms with E-state index in [1.165, 1.54) is 22.6 Å². The lowest BCUT2D eigenvalue weighted by Crippen LogP contribution is -2.28. The molecule has 1 aliphatic rings. The number of fused-ring (bicyclic) bond motifs is 1. The van der Waals surface area contributed by atoms with Gasteiger partial charge < -0.3 is 5.11 Å². The van der Waals surface area contributed by atoms with Gasteiger partial charge in [-0.25, -0.2) is 0 Å². The highest BCUT2D eigenvalue weighted by Crippen LogP contribution is 2.40. The molecule has 2 rings (SSSR count). The molecule has 0 amide bonds. The van der Waals surface area contributed by atoms with Crippen molar-refractivity contribution >= 4 is 27.7 Å². The predicted molar refractivity (Wildman–Crippen MR) is 81.2 cm³/mol. The first kappa shape index (κ1) is 14.4. The Labute approximate surface area is 122 Å². The van der Waals surface area contributed by atoms with E-state index in [1.54, 1.807) is 0 Å². The van der Waals surface area contributed by atoms with Crippen molar-refractivity contribution in [3.05, 3.63) is 28.2 Å². The van der Waals surface area contributed by atoms with Crippen LogP contribution >= 0.6 is 27.7 Å². The molecule has 0 spiro atoms. The van der Waals surface area contributed by atoms with Crippen LogP contribution in [0.3, 0.4) is 0 Å². The molecule has 0 saturated carbocycles. The molecular weight excluding hydrogens is 310 g/mol. The molecule has 1 atom stereocenters. The van der Waals surface area contributed by atoms with Gasteiger partial charge in [-0.2, -0.15) is 0 Å². The quantitative estimate of drug-likeness (QED) is 0.833. The van der Waals surface area contributed by atoms with Crippen LogP contribution in [-0.4, -0.2) is 36.0 Å². The molecule has 0 saturated heterocycles. The third-order valence-electron chi connectivity index (χ3n) is 3.43. The zero-order valence-electron chi connectivity index (χ0n) is 10.7. The first-order chi connectivity index (χ1) is 8.72. The molecule has 0 radical (unpaired) electrons. The van der Waals surface area contributed by atoms with Crippen molar-refractivity contribution in [2.75, 3.05) is 26.0 Å². The van der Waals surface area contributed by atoms with Crippen LogP contribution in [0.4, 0.5) is 0 Å². The predicted octanol–water partition coefficient (Wildman–Crippen LogP) is 3.69. The summed E-state index contributed by atoms with van der Waals surface area (Å²) >= 11 is 5.53. The van der Waals surface area contributed by atoms with E-state index in [9.17, 15) is 0 Å². The van der Waals surface area contributed by atoms with Crippen LogP contribution in [0.1, 0.15) is 30.9 Å². The smallest absolute Gasteiger partial charge is 0.0431 e.